The minimum absolute atomic E-state index is 0.163. The van der Waals surface area contributed by atoms with Crippen LogP contribution in [0.1, 0.15) is 10.6 Å². The van der Waals surface area contributed by atoms with Gasteiger partial charge in [-0.15, -0.1) is 0 Å². The van der Waals surface area contributed by atoms with Crippen LogP contribution in [0.2, 0.25) is 0 Å². The lowest BCUT2D eigenvalue weighted by Gasteiger charge is -2.02. The number of benzene rings is 1. The Balaban J connectivity index is 1.64. The van der Waals surface area contributed by atoms with E-state index in [1.54, 1.807) is 10.7 Å². The fourth-order valence-electron chi connectivity index (χ4n) is 2.34. The van der Waals surface area contributed by atoms with Gasteiger partial charge in [-0.3, -0.25) is 4.79 Å². The molecule has 0 atom stereocenters. The number of hydrogen-bond acceptors (Lipinski definition) is 4. The lowest BCUT2D eigenvalue weighted by Crippen LogP contribution is -2.11. The molecule has 0 fully saturated rings. The van der Waals surface area contributed by atoms with Gasteiger partial charge in [-0.25, -0.2) is 4.52 Å². The van der Waals surface area contributed by atoms with Crippen molar-refractivity contribution in [3.63, 3.8) is 0 Å². The van der Waals surface area contributed by atoms with E-state index in [9.17, 15) is 4.79 Å². The van der Waals surface area contributed by atoms with Crippen LogP contribution in [0, 0.1) is 0 Å². The first-order valence-corrected chi connectivity index (χ1v) is 7.06. The van der Waals surface area contributed by atoms with E-state index < -0.39 is 0 Å². The van der Waals surface area contributed by atoms with Crippen LogP contribution in [0.4, 0.5) is 5.69 Å². The Morgan fingerprint density at radius 2 is 1.96 bits per heavy atom. The van der Waals surface area contributed by atoms with Gasteiger partial charge in [0.05, 0.1) is 29.3 Å². The second-order valence-corrected chi connectivity index (χ2v) is 5.01. The van der Waals surface area contributed by atoms with Crippen LogP contribution in [-0.2, 0) is 0 Å². The van der Waals surface area contributed by atoms with Crippen molar-refractivity contribution in [1.29, 1.82) is 0 Å². The van der Waals surface area contributed by atoms with Crippen molar-refractivity contribution in [2.45, 2.75) is 0 Å². The lowest BCUT2D eigenvalue weighted by molar-refractivity contribution is 0.0988. The predicted molar refractivity (Wildman–Crippen MR) is 85.1 cm³/mol. The highest BCUT2D eigenvalue weighted by atomic mass is 16.5. The Morgan fingerprint density at radius 3 is 2.74 bits per heavy atom. The third kappa shape index (κ3) is 2.57. The first-order valence-electron chi connectivity index (χ1n) is 7.06. The molecule has 6 heteroatoms. The first kappa shape index (κ1) is 13.3. The number of carbonyl (C=O) groups excluding carboxylic acids is 1. The van der Waals surface area contributed by atoms with Crippen molar-refractivity contribution in [1.82, 2.24) is 14.8 Å². The largest absolute Gasteiger partial charge is 0.351 e. The second-order valence-electron chi connectivity index (χ2n) is 5.01. The molecule has 0 aliphatic heterocycles. The van der Waals surface area contributed by atoms with E-state index in [0.29, 0.717) is 5.69 Å². The summed E-state index contributed by atoms with van der Waals surface area (Å²) >= 11 is 0. The number of carbonyl (C=O) groups is 1. The van der Waals surface area contributed by atoms with E-state index >= 15 is 0 Å². The Morgan fingerprint density at radius 1 is 1.09 bits per heavy atom. The van der Waals surface area contributed by atoms with Gasteiger partial charge in [-0.05, 0) is 18.2 Å². The molecule has 1 amide bonds. The molecule has 0 aliphatic carbocycles. The molecule has 6 nitrogen and oxygen atoms in total. The molecule has 1 aromatic carbocycles. The fourth-order valence-corrected chi connectivity index (χ4v) is 2.34. The van der Waals surface area contributed by atoms with Crippen LogP contribution in [0.3, 0.4) is 0 Å². The summed E-state index contributed by atoms with van der Waals surface area (Å²) in [5.74, 6) is -0.187. The Hall–Kier alpha value is -3.41. The summed E-state index contributed by atoms with van der Waals surface area (Å²) in [4.78, 5) is 12.0. The van der Waals surface area contributed by atoms with Crippen LogP contribution in [-0.4, -0.2) is 20.7 Å². The van der Waals surface area contributed by atoms with Gasteiger partial charge in [0.25, 0.3) is 5.91 Å². The van der Waals surface area contributed by atoms with E-state index in [2.05, 4.69) is 15.6 Å². The van der Waals surface area contributed by atoms with Gasteiger partial charge in [-0.2, -0.15) is 5.10 Å². The average Bonchev–Trinajstić information content (AvgIpc) is 3.25. The highest BCUT2D eigenvalue weighted by molar-refractivity contribution is 6.02. The summed E-state index contributed by atoms with van der Waals surface area (Å²) in [5, 5.41) is 10.8. The molecule has 0 spiro atoms. The number of nitrogens with zero attached hydrogens (tertiary/aromatic N) is 3. The molecule has 0 saturated heterocycles. The molecule has 0 saturated carbocycles. The second kappa shape index (κ2) is 5.42. The summed E-state index contributed by atoms with van der Waals surface area (Å²) < 4.78 is 6.57. The molecule has 4 aromatic rings. The van der Waals surface area contributed by atoms with E-state index in [-0.39, 0.29) is 11.7 Å². The van der Waals surface area contributed by atoms with Crippen molar-refractivity contribution < 1.29 is 9.32 Å². The highest BCUT2D eigenvalue weighted by Gasteiger charge is 2.11. The van der Waals surface area contributed by atoms with Gasteiger partial charge in [0.2, 0.25) is 5.76 Å². The van der Waals surface area contributed by atoms with E-state index in [0.717, 1.165) is 16.8 Å². The Labute approximate surface area is 131 Å². The van der Waals surface area contributed by atoms with Crippen molar-refractivity contribution in [3.05, 3.63) is 72.8 Å². The molecule has 3 aromatic heterocycles. The molecule has 112 valence electrons. The number of anilines is 1. The Bertz CT molecular complexity index is 959. The van der Waals surface area contributed by atoms with Gasteiger partial charge >= 0.3 is 0 Å². The topological polar surface area (TPSA) is 72.4 Å². The lowest BCUT2D eigenvalue weighted by atomic mass is 10.1. The zero-order chi connectivity index (χ0) is 15.6. The third-order valence-electron chi connectivity index (χ3n) is 3.45. The van der Waals surface area contributed by atoms with E-state index in [4.69, 9.17) is 4.52 Å². The SMILES string of the molecule is O=C(Nc1ccc2cc(-c3ccccc3)nn2c1)c1ccno1. The molecular weight excluding hydrogens is 292 g/mol. The molecular formula is C17H12N4O2. The molecule has 3 heterocycles. The number of rotatable bonds is 3. The minimum atomic E-state index is -0.350. The molecule has 0 radical (unpaired) electrons. The highest BCUT2D eigenvalue weighted by Crippen LogP contribution is 2.21. The van der Waals surface area contributed by atoms with Crippen LogP contribution in [0.5, 0.6) is 0 Å². The predicted octanol–water partition coefficient (Wildman–Crippen LogP) is 3.24. The zero-order valence-electron chi connectivity index (χ0n) is 12.0. The average molecular weight is 304 g/mol. The summed E-state index contributed by atoms with van der Waals surface area (Å²) in [6.07, 6.45) is 3.19. The van der Waals surface area contributed by atoms with Crippen molar-refractivity contribution in [2.75, 3.05) is 5.32 Å². The Kier molecular flexibility index (Phi) is 3.12. The van der Waals surface area contributed by atoms with Crippen LogP contribution >= 0.6 is 0 Å². The molecule has 23 heavy (non-hydrogen) atoms. The van der Waals surface area contributed by atoms with Gasteiger partial charge in [0.1, 0.15) is 0 Å². The van der Waals surface area contributed by atoms with Crippen molar-refractivity contribution >= 4 is 17.1 Å². The zero-order valence-corrected chi connectivity index (χ0v) is 12.0. The minimum Gasteiger partial charge on any atom is -0.351 e. The number of amides is 1. The van der Waals surface area contributed by atoms with Gasteiger partial charge in [0, 0.05) is 11.6 Å². The first-order chi connectivity index (χ1) is 11.3. The van der Waals surface area contributed by atoms with Gasteiger partial charge < -0.3 is 9.84 Å². The molecule has 1 N–H and O–H groups in total. The third-order valence-corrected chi connectivity index (χ3v) is 3.45. The van der Waals surface area contributed by atoms with Crippen LogP contribution < -0.4 is 5.32 Å². The van der Waals surface area contributed by atoms with E-state index in [1.807, 2.05) is 48.5 Å². The smallest absolute Gasteiger partial charge is 0.294 e. The number of nitrogens with one attached hydrogen (secondary N) is 1. The molecule has 0 bridgehead atoms. The van der Waals surface area contributed by atoms with Crippen molar-refractivity contribution in [3.8, 4) is 11.3 Å². The quantitative estimate of drug-likeness (QED) is 0.630. The van der Waals surface area contributed by atoms with Crippen LogP contribution in [0.15, 0.2) is 71.5 Å². The molecule has 0 aliphatic rings. The summed E-state index contributed by atoms with van der Waals surface area (Å²) in [6.45, 7) is 0. The monoisotopic (exact) mass is 304 g/mol. The maximum Gasteiger partial charge on any atom is 0.294 e. The van der Waals surface area contributed by atoms with Crippen LogP contribution in [0.25, 0.3) is 16.8 Å². The molecule has 0 unspecified atom stereocenters. The maximum absolute atomic E-state index is 12.0. The summed E-state index contributed by atoms with van der Waals surface area (Å²) in [6, 6.07) is 17.2. The number of hydrogen-bond donors (Lipinski definition) is 1. The van der Waals surface area contributed by atoms with Crippen molar-refractivity contribution in [2.24, 2.45) is 0 Å². The fraction of sp³-hybridized carbons (Fsp3) is 0. The maximum atomic E-state index is 12.0. The number of fused-ring (bicyclic) bond motifs is 1. The standard InChI is InChI=1S/C17H12N4O2/c22-17(16-8-9-18-23-16)19-13-6-7-14-10-15(20-21(14)11-13)12-4-2-1-3-5-12/h1-11H,(H,19,22). The number of pyridine rings is 1. The van der Waals surface area contributed by atoms with Gasteiger partial charge in [0.15, 0.2) is 0 Å². The summed E-state index contributed by atoms with van der Waals surface area (Å²) in [7, 11) is 0. The normalized spacial score (nSPS) is 10.8. The van der Waals surface area contributed by atoms with Gasteiger partial charge in [-0.1, -0.05) is 35.5 Å². The molecule has 4 rings (SSSR count). The summed E-state index contributed by atoms with van der Waals surface area (Å²) in [5.41, 5.74) is 3.50. The number of aromatic nitrogens is 3. The van der Waals surface area contributed by atoms with E-state index in [1.165, 1.54) is 12.3 Å².